The summed E-state index contributed by atoms with van der Waals surface area (Å²) in [5, 5.41) is 11.1. The van der Waals surface area contributed by atoms with Gasteiger partial charge in [0.2, 0.25) is 0 Å². The van der Waals surface area contributed by atoms with Crippen molar-refractivity contribution in [2.24, 2.45) is 0 Å². The zero-order valence-corrected chi connectivity index (χ0v) is 16.6. The van der Waals surface area contributed by atoms with Crippen LogP contribution in [0.4, 0.5) is 0 Å². The number of rotatable bonds is 6. The number of halogens is 1. The largest absolute Gasteiger partial charge is 0.503 e. The molecule has 1 N–H and O–H groups in total. The van der Waals surface area contributed by atoms with Gasteiger partial charge in [-0.25, -0.2) is 0 Å². The van der Waals surface area contributed by atoms with E-state index in [1.54, 1.807) is 42.5 Å². The number of hydrogen-bond acceptors (Lipinski definition) is 4. The van der Waals surface area contributed by atoms with Crippen LogP contribution in [0.25, 0.3) is 6.08 Å². The molecule has 1 aliphatic heterocycles. The lowest BCUT2D eigenvalue weighted by atomic mass is 9.95. The quantitative estimate of drug-likeness (QED) is 0.563. The Balaban J connectivity index is 1.72. The third kappa shape index (κ3) is 3.93. The molecule has 1 amide bonds. The van der Waals surface area contributed by atoms with Crippen LogP contribution in [0, 0.1) is 0 Å². The van der Waals surface area contributed by atoms with Crippen molar-refractivity contribution in [3.63, 3.8) is 0 Å². The number of aliphatic hydroxyl groups is 1. The topological polar surface area (TPSA) is 70.8 Å². The second kappa shape index (κ2) is 8.43. The fourth-order valence-electron chi connectivity index (χ4n) is 3.46. The van der Waals surface area contributed by atoms with Gasteiger partial charge in [0.1, 0.15) is 5.76 Å². The molecule has 1 unspecified atom stereocenters. The predicted molar refractivity (Wildman–Crippen MR) is 114 cm³/mol. The molecule has 1 aliphatic rings. The second-order valence-electron chi connectivity index (χ2n) is 6.84. The van der Waals surface area contributed by atoms with Crippen LogP contribution in [0.1, 0.15) is 22.9 Å². The summed E-state index contributed by atoms with van der Waals surface area (Å²) < 4.78 is 5.37. The maximum absolute atomic E-state index is 13.0. The molecule has 0 spiro atoms. The number of carbonyl (C=O) groups excluding carboxylic acids is 2. The lowest BCUT2D eigenvalue weighted by Gasteiger charge is -2.25. The molecule has 0 saturated heterocycles. The Hall–Kier alpha value is -3.57. The van der Waals surface area contributed by atoms with Gasteiger partial charge in [-0.2, -0.15) is 0 Å². The van der Waals surface area contributed by atoms with Crippen molar-refractivity contribution in [2.75, 3.05) is 0 Å². The van der Waals surface area contributed by atoms with E-state index in [-0.39, 0.29) is 12.1 Å². The number of ketones is 1. The van der Waals surface area contributed by atoms with Gasteiger partial charge in [-0.3, -0.25) is 9.59 Å². The van der Waals surface area contributed by atoms with E-state index in [1.807, 2.05) is 30.3 Å². The number of furan rings is 1. The maximum Gasteiger partial charge on any atom is 0.290 e. The molecular formula is C24H18ClNO4. The summed E-state index contributed by atoms with van der Waals surface area (Å²) in [5.74, 6) is -1.07. The molecule has 6 heteroatoms. The van der Waals surface area contributed by atoms with E-state index in [2.05, 4.69) is 0 Å². The predicted octanol–water partition coefficient (Wildman–Crippen LogP) is 5.11. The van der Waals surface area contributed by atoms with E-state index in [0.29, 0.717) is 16.3 Å². The van der Waals surface area contributed by atoms with E-state index < -0.39 is 23.5 Å². The lowest BCUT2D eigenvalue weighted by Crippen LogP contribution is -2.30. The van der Waals surface area contributed by atoms with Crippen molar-refractivity contribution in [2.45, 2.75) is 12.6 Å². The zero-order valence-electron chi connectivity index (χ0n) is 15.9. The van der Waals surface area contributed by atoms with Crippen LogP contribution in [0.15, 0.2) is 94.8 Å². The summed E-state index contributed by atoms with van der Waals surface area (Å²) in [7, 11) is 0. The molecule has 0 saturated carbocycles. The van der Waals surface area contributed by atoms with E-state index in [9.17, 15) is 14.7 Å². The molecule has 150 valence electrons. The van der Waals surface area contributed by atoms with Crippen molar-refractivity contribution in [3.8, 4) is 0 Å². The number of amides is 1. The van der Waals surface area contributed by atoms with E-state index in [1.165, 1.54) is 17.2 Å². The Morgan fingerprint density at radius 1 is 1.07 bits per heavy atom. The molecule has 0 fully saturated rings. The highest BCUT2D eigenvalue weighted by molar-refractivity contribution is 6.30. The molecule has 0 radical (unpaired) electrons. The summed E-state index contributed by atoms with van der Waals surface area (Å²) in [6.07, 6.45) is 4.53. The standard InChI is InChI=1S/C24H18ClNO4/c25-18-11-9-17(10-12-18)22-21(20(27)13-8-16-5-2-1-3-6-16)23(28)24(29)26(22)15-19-7-4-14-30-19/h1-14,22,28H,15H2/b13-8+. The van der Waals surface area contributed by atoms with Crippen molar-refractivity contribution in [3.05, 3.63) is 112 Å². The van der Waals surface area contributed by atoms with Crippen LogP contribution in [0.3, 0.4) is 0 Å². The first-order chi connectivity index (χ1) is 14.5. The molecule has 3 aromatic rings. The number of benzene rings is 2. The summed E-state index contributed by atoms with van der Waals surface area (Å²) in [5.41, 5.74) is 1.53. The molecule has 2 heterocycles. The SMILES string of the molecule is O=C(/C=C/c1ccccc1)C1=C(O)C(=O)N(Cc2ccco2)C1c1ccc(Cl)cc1. The van der Waals surface area contributed by atoms with Crippen molar-refractivity contribution < 1.29 is 19.1 Å². The Morgan fingerprint density at radius 2 is 1.80 bits per heavy atom. The minimum atomic E-state index is -0.757. The number of allylic oxidation sites excluding steroid dienone is 1. The smallest absolute Gasteiger partial charge is 0.290 e. The number of carbonyl (C=O) groups is 2. The van der Waals surface area contributed by atoms with Crippen molar-refractivity contribution >= 4 is 29.4 Å². The molecule has 1 aromatic heterocycles. The Morgan fingerprint density at radius 3 is 2.47 bits per heavy atom. The van der Waals surface area contributed by atoms with Gasteiger partial charge >= 0.3 is 0 Å². The van der Waals surface area contributed by atoms with Gasteiger partial charge in [0, 0.05) is 5.02 Å². The number of nitrogens with zero attached hydrogens (tertiary/aromatic N) is 1. The maximum atomic E-state index is 13.0. The Kier molecular flexibility index (Phi) is 5.55. The van der Waals surface area contributed by atoms with Gasteiger partial charge in [0.05, 0.1) is 24.4 Å². The fourth-order valence-corrected chi connectivity index (χ4v) is 3.58. The highest BCUT2D eigenvalue weighted by Gasteiger charge is 2.43. The minimum Gasteiger partial charge on any atom is -0.503 e. The minimum absolute atomic E-state index is 0.0288. The first-order valence-corrected chi connectivity index (χ1v) is 9.72. The molecule has 5 nitrogen and oxygen atoms in total. The average Bonchev–Trinajstić information content (AvgIpc) is 3.36. The van der Waals surface area contributed by atoms with Crippen LogP contribution in [-0.4, -0.2) is 21.7 Å². The molecule has 0 bridgehead atoms. The van der Waals surface area contributed by atoms with Crippen molar-refractivity contribution in [1.29, 1.82) is 0 Å². The summed E-state index contributed by atoms with van der Waals surface area (Å²) in [4.78, 5) is 27.3. The highest BCUT2D eigenvalue weighted by Crippen LogP contribution is 2.39. The van der Waals surface area contributed by atoms with E-state index in [4.69, 9.17) is 16.0 Å². The molecule has 1 atom stereocenters. The third-order valence-corrected chi connectivity index (χ3v) is 5.14. The normalized spacial score (nSPS) is 16.6. The van der Waals surface area contributed by atoms with Gasteiger partial charge < -0.3 is 14.4 Å². The van der Waals surface area contributed by atoms with Crippen LogP contribution < -0.4 is 0 Å². The van der Waals surface area contributed by atoms with Gasteiger partial charge in [0.15, 0.2) is 11.5 Å². The summed E-state index contributed by atoms with van der Waals surface area (Å²) in [6.45, 7) is 0.113. The fraction of sp³-hybridized carbons (Fsp3) is 0.0833. The zero-order chi connectivity index (χ0) is 21.1. The van der Waals surface area contributed by atoms with E-state index in [0.717, 1.165) is 5.56 Å². The summed E-state index contributed by atoms with van der Waals surface area (Å²) >= 11 is 6.01. The molecule has 4 rings (SSSR count). The van der Waals surface area contributed by atoms with Gasteiger partial charge in [-0.15, -0.1) is 0 Å². The Labute approximate surface area is 178 Å². The van der Waals surface area contributed by atoms with Crippen LogP contribution in [-0.2, 0) is 16.1 Å². The van der Waals surface area contributed by atoms with E-state index >= 15 is 0 Å². The van der Waals surface area contributed by atoms with Crippen LogP contribution in [0.2, 0.25) is 5.02 Å². The number of hydrogen-bond donors (Lipinski definition) is 1. The van der Waals surface area contributed by atoms with Gasteiger partial charge in [-0.05, 0) is 41.5 Å². The van der Waals surface area contributed by atoms with Crippen LogP contribution >= 0.6 is 11.6 Å². The van der Waals surface area contributed by atoms with Crippen LogP contribution in [0.5, 0.6) is 0 Å². The third-order valence-electron chi connectivity index (χ3n) is 4.89. The molecular weight excluding hydrogens is 402 g/mol. The van der Waals surface area contributed by atoms with Gasteiger partial charge in [-0.1, -0.05) is 60.1 Å². The first-order valence-electron chi connectivity index (χ1n) is 9.34. The molecule has 30 heavy (non-hydrogen) atoms. The molecule has 2 aromatic carbocycles. The average molecular weight is 420 g/mol. The molecule has 0 aliphatic carbocycles. The lowest BCUT2D eigenvalue weighted by molar-refractivity contribution is -0.130. The van der Waals surface area contributed by atoms with Crippen molar-refractivity contribution in [1.82, 2.24) is 4.90 Å². The number of aliphatic hydroxyl groups excluding tert-OH is 1. The van der Waals surface area contributed by atoms with Gasteiger partial charge in [0.25, 0.3) is 5.91 Å². The highest BCUT2D eigenvalue weighted by atomic mass is 35.5. The first kappa shape index (κ1) is 19.7. The Bertz CT molecular complexity index is 1120. The monoisotopic (exact) mass is 419 g/mol. The summed E-state index contributed by atoms with van der Waals surface area (Å²) in [6, 6.07) is 18.9. The second-order valence-corrected chi connectivity index (χ2v) is 7.27.